The molecular weight excluding hydrogens is 174 g/mol. The van der Waals surface area contributed by atoms with Crippen molar-refractivity contribution in [3.63, 3.8) is 0 Å². The van der Waals surface area contributed by atoms with Gasteiger partial charge in [-0.3, -0.25) is 4.79 Å². The van der Waals surface area contributed by atoms with E-state index in [0.29, 0.717) is 0 Å². The second kappa shape index (κ2) is 3.38. The molecule has 1 atom stereocenters. The van der Waals surface area contributed by atoms with Crippen molar-refractivity contribution in [1.29, 1.82) is 0 Å². The lowest BCUT2D eigenvalue weighted by atomic mass is 10.0. The molecule has 0 saturated heterocycles. The molecule has 0 amide bonds. The molecule has 1 aliphatic rings. The monoisotopic (exact) mass is 183 g/mol. The minimum absolute atomic E-state index is 0.328. The number of ether oxygens (including phenoxy) is 1. The summed E-state index contributed by atoms with van der Waals surface area (Å²) in [6.45, 7) is 1.58. The normalized spacial score (nSPS) is 22.0. The summed E-state index contributed by atoms with van der Waals surface area (Å²) in [5.74, 6) is -2.44. The molecule has 0 bridgehead atoms. The van der Waals surface area contributed by atoms with Crippen LogP contribution in [0.5, 0.6) is 0 Å². The largest absolute Gasteiger partial charge is 0.503 e. The van der Waals surface area contributed by atoms with E-state index in [2.05, 4.69) is 9.73 Å². The fourth-order valence-corrected chi connectivity index (χ4v) is 0.894. The summed E-state index contributed by atoms with van der Waals surface area (Å²) in [5, 5.41) is 9.22. The highest BCUT2D eigenvalue weighted by Crippen LogP contribution is 2.15. The number of aliphatic imine (C=N–C) groups is 1. The molecule has 0 aromatic carbocycles. The topological polar surface area (TPSA) is 76.0 Å². The van der Waals surface area contributed by atoms with Crippen molar-refractivity contribution in [2.75, 3.05) is 7.11 Å². The first-order valence-corrected chi connectivity index (χ1v) is 3.68. The van der Waals surface area contributed by atoms with Gasteiger partial charge >= 0.3 is 5.97 Å². The number of carbonyl (C=O) groups excluding carboxylic acids is 2. The predicted octanol–water partition coefficient (Wildman–Crippen LogP) is 0.219. The number of methoxy groups -OCH3 is 1. The Hall–Kier alpha value is -1.65. The SMILES string of the molecule is COC(=O)C1=C(O)C(=O)C(C)C=N1. The maximum atomic E-state index is 11.1. The third-order valence-corrected chi connectivity index (χ3v) is 1.68. The van der Waals surface area contributed by atoms with Crippen LogP contribution in [0.4, 0.5) is 0 Å². The second-order valence-corrected chi connectivity index (χ2v) is 2.62. The maximum absolute atomic E-state index is 11.1. The van der Waals surface area contributed by atoms with E-state index in [-0.39, 0.29) is 5.70 Å². The molecule has 5 nitrogen and oxygen atoms in total. The summed E-state index contributed by atoms with van der Waals surface area (Å²) in [6, 6.07) is 0. The number of aliphatic hydroxyl groups is 1. The van der Waals surface area contributed by atoms with Gasteiger partial charge in [-0.1, -0.05) is 0 Å². The first-order chi connectivity index (χ1) is 6.07. The molecule has 1 heterocycles. The first-order valence-electron chi connectivity index (χ1n) is 3.68. The van der Waals surface area contributed by atoms with Gasteiger partial charge in [-0.25, -0.2) is 9.79 Å². The Balaban J connectivity index is 3.05. The number of Topliss-reactive ketones (excluding diaryl/α,β-unsaturated/α-hetero) is 1. The summed E-state index contributed by atoms with van der Waals surface area (Å²) < 4.78 is 4.32. The van der Waals surface area contributed by atoms with Gasteiger partial charge in [0.15, 0.2) is 11.5 Å². The van der Waals surface area contributed by atoms with Gasteiger partial charge in [-0.05, 0) is 6.92 Å². The van der Waals surface area contributed by atoms with Crippen LogP contribution in [0.2, 0.25) is 0 Å². The van der Waals surface area contributed by atoms with Crippen LogP contribution in [0, 0.1) is 5.92 Å². The van der Waals surface area contributed by atoms with E-state index in [0.717, 1.165) is 7.11 Å². The Kier molecular flexibility index (Phi) is 2.46. The van der Waals surface area contributed by atoms with Crippen LogP contribution < -0.4 is 0 Å². The third kappa shape index (κ3) is 1.58. The number of carbonyl (C=O) groups is 2. The van der Waals surface area contributed by atoms with Crippen molar-refractivity contribution in [3.8, 4) is 0 Å². The molecule has 70 valence electrons. The summed E-state index contributed by atoms with van der Waals surface area (Å²) in [4.78, 5) is 25.7. The van der Waals surface area contributed by atoms with Crippen LogP contribution in [-0.4, -0.2) is 30.2 Å². The smallest absolute Gasteiger partial charge is 0.360 e. The maximum Gasteiger partial charge on any atom is 0.360 e. The third-order valence-electron chi connectivity index (χ3n) is 1.68. The Morgan fingerprint density at radius 3 is 2.85 bits per heavy atom. The average molecular weight is 183 g/mol. The fraction of sp³-hybridized carbons (Fsp3) is 0.375. The van der Waals surface area contributed by atoms with Crippen LogP contribution in [0.3, 0.4) is 0 Å². The van der Waals surface area contributed by atoms with Crippen molar-refractivity contribution < 1.29 is 19.4 Å². The van der Waals surface area contributed by atoms with Crippen molar-refractivity contribution in [1.82, 2.24) is 0 Å². The van der Waals surface area contributed by atoms with Gasteiger partial charge in [0, 0.05) is 6.21 Å². The zero-order chi connectivity index (χ0) is 10.0. The number of nitrogens with zero attached hydrogens (tertiary/aromatic N) is 1. The molecule has 1 N–H and O–H groups in total. The summed E-state index contributed by atoms with van der Waals surface area (Å²) >= 11 is 0. The van der Waals surface area contributed by atoms with E-state index < -0.39 is 23.4 Å². The number of esters is 1. The van der Waals surface area contributed by atoms with Gasteiger partial charge in [-0.15, -0.1) is 0 Å². The van der Waals surface area contributed by atoms with Crippen molar-refractivity contribution in [2.24, 2.45) is 10.9 Å². The van der Waals surface area contributed by atoms with E-state index >= 15 is 0 Å². The average Bonchev–Trinajstić information content (AvgIpc) is 2.13. The zero-order valence-corrected chi connectivity index (χ0v) is 7.27. The number of hydrogen-bond acceptors (Lipinski definition) is 5. The molecule has 0 saturated carbocycles. The lowest BCUT2D eigenvalue weighted by molar-refractivity contribution is -0.137. The highest BCUT2D eigenvalue weighted by atomic mass is 16.5. The highest BCUT2D eigenvalue weighted by molar-refractivity contribution is 6.11. The van der Waals surface area contributed by atoms with Gasteiger partial charge in [0.25, 0.3) is 0 Å². The Morgan fingerprint density at radius 1 is 1.69 bits per heavy atom. The van der Waals surface area contributed by atoms with Crippen LogP contribution >= 0.6 is 0 Å². The fourth-order valence-electron chi connectivity index (χ4n) is 0.894. The van der Waals surface area contributed by atoms with Gasteiger partial charge in [0.2, 0.25) is 5.78 Å². The second-order valence-electron chi connectivity index (χ2n) is 2.62. The van der Waals surface area contributed by atoms with E-state index in [1.165, 1.54) is 6.21 Å². The Morgan fingerprint density at radius 2 is 2.31 bits per heavy atom. The van der Waals surface area contributed by atoms with Gasteiger partial charge in [-0.2, -0.15) is 0 Å². The van der Waals surface area contributed by atoms with Crippen LogP contribution in [0.1, 0.15) is 6.92 Å². The number of allylic oxidation sites excluding steroid dienone is 1. The number of aliphatic hydroxyl groups excluding tert-OH is 1. The van der Waals surface area contributed by atoms with Crippen molar-refractivity contribution >= 4 is 18.0 Å². The van der Waals surface area contributed by atoms with E-state index in [9.17, 15) is 14.7 Å². The molecule has 1 rings (SSSR count). The van der Waals surface area contributed by atoms with Gasteiger partial charge in [0.1, 0.15) is 0 Å². The van der Waals surface area contributed by atoms with Gasteiger partial charge < -0.3 is 9.84 Å². The molecular formula is C8H9NO4. The molecule has 1 unspecified atom stereocenters. The lowest BCUT2D eigenvalue weighted by Crippen LogP contribution is -2.23. The molecule has 0 fully saturated rings. The molecule has 0 aliphatic carbocycles. The highest BCUT2D eigenvalue weighted by Gasteiger charge is 2.27. The Labute approximate surface area is 74.7 Å². The minimum atomic E-state index is -0.811. The zero-order valence-electron chi connectivity index (χ0n) is 7.27. The van der Waals surface area contributed by atoms with Gasteiger partial charge in [0.05, 0.1) is 13.0 Å². The van der Waals surface area contributed by atoms with Crippen LogP contribution in [0.15, 0.2) is 16.4 Å². The molecule has 0 radical (unpaired) electrons. The van der Waals surface area contributed by atoms with E-state index in [4.69, 9.17) is 0 Å². The van der Waals surface area contributed by atoms with E-state index in [1.807, 2.05) is 0 Å². The van der Waals surface area contributed by atoms with E-state index in [1.54, 1.807) is 6.92 Å². The Bertz CT molecular complexity index is 316. The lowest BCUT2D eigenvalue weighted by Gasteiger charge is -2.11. The molecule has 0 aromatic heterocycles. The predicted molar refractivity (Wildman–Crippen MR) is 44.3 cm³/mol. The van der Waals surface area contributed by atoms with Crippen molar-refractivity contribution in [3.05, 3.63) is 11.5 Å². The number of hydrogen-bond donors (Lipinski definition) is 1. The first kappa shape index (κ1) is 9.44. The summed E-state index contributed by atoms with van der Waals surface area (Å²) in [5.41, 5.74) is -0.328. The van der Waals surface area contributed by atoms with Crippen LogP contribution in [-0.2, 0) is 14.3 Å². The summed E-state index contributed by atoms with van der Waals surface area (Å²) in [7, 11) is 1.15. The number of rotatable bonds is 1. The van der Waals surface area contributed by atoms with Crippen LogP contribution in [0.25, 0.3) is 0 Å². The quantitative estimate of drug-likeness (QED) is 0.590. The summed E-state index contributed by atoms with van der Waals surface area (Å²) in [6.07, 6.45) is 1.30. The number of ketones is 1. The molecule has 5 heteroatoms. The molecule has 0 aromatic rings. The minimum Gasteiger partial charge on any atom is -0.503 e. The molecule has 13 heavy (non-hydrogen) atoms. The molecule has 0 spiro atoms. The standard InChI is InChI=1S/C8H9NO4/c1-4-3-9-5(8(12)13-2)7(11)6(4)10/h3-4,11H,1-2H3. The molecule has 1 aliphatic heterocycles. The van der Waals surface area contributed by atoms with Crippen molar-refractivity contribution in [2.45, 2.75) is 6.92 Å².